The molecule has 17 heteroatoms. The Labute approximate surface area is 181 Å². The molecule has 0 aliphatic heterocycles. The van der Waals surface area contributed by atoms with Gasteiger partial charge in [0.15, 0.2) is 0 Å². The van der Waals surface area contributed by atoms with Gasteiger partial charge in [-0.05, 0) is 9.85 Å². The fourth-order valence-electron chi connectivity index (χ4n) is 1.81. The van der Waals surface area contributed by atoms with Crippen LogP contribution in [0, 0.1) is 20.2 Å². The van der Waals surface area contributed by atoms with E-state index in [0.717, 1.165) is 0 Å². The molecule has 166 valence electrons. The molecule has 4 N–H and O–H groups in total. The molecule has 0 radical (unpaired) electrons. The van der Waals surface area contributed by atoms with E-state index < -0.39 is 38.5 Å². The van der Waals surface area contributed by atoms with Crippen LogP contribution in [0.4, 0.5) is 11.9 Å². The molecular weight excluding hydrogens is 618 g/mol. The minimum absolute atomic E-state index is 0.0276. The average molecular weight is 636 g/mol. The van der Waals surface area contributed by atoms with Gasteiger partial charge in [0.1, 0.15) is 24.8 Å². The van der Waals surface area contributed by atoms with Crippen LogP contribution >= 0.6 is 18.8 Å². The van der Waals surface area contributed by atoms with Crippen molar-refractivity contribution in [1.29, 1.82) is 0 Å². The molecule has 2 heterocycles. The van der Waals surface area contributed by atoms with Crippen LogP contribution in [0.3, 0.4) is 0 Å². The summed E-state index contributed by atoms with van der Waals surface area (Å²) in [7, 11) is 9.75. The molecule has 2 aromatic rings. The molecule has 2 rings (SSSR count). The topological polar surface area (TPSA) is 210 Å². The van der Waals surface area contributed by atoms with Crippen molar-refractivity contribution in [1.82, 2.24) is 19.1 Å². The first kappa shape index (κ1) is 27.3. The summed E-state index contributed by atoms with van der Waals surface area (Å²) in [5.74, 6) is -0.625. The van der Waals surface area contributed by atoms with E-state index in [9.17, 15) is 20.2 Å². The molecule has 2 aromatic heterocycles. The van der Waals surface area contributed by atoms with Crippen molar-refractivity contribution in [3.8, 4) is 0 Å². The van der Waals surface area contributed by atoms with E-state index in [2.05, 4.69) is 9.97 Å². The molecule has 2 atom stereocenters. The monoisotopic (exact) mass is 635 g/mol. The van der Waals surface area contributed by atoms with E-state index >= 15 is 0 Å². The van der Waals surface area contributed by atoms with E-state index in [4.69, 9.17) is 40.5 Å². The van der Waals surface area contributed by atoms with Gasteiger partial charge < -0.3 is 41.9 Å². The number of nitrogens with zero attached hydrogens (tertiary/aromatic N) is 6. The van der Waals surface area contributed by atoms with Crippen LogP contribution in [-0.4, -0.2) is 64.5 Å². The van der Waals surface area contributed by atoms with Gasteiger partial charge in [-0.15, -0.1) is 13.1 Å². The SMILES string of the molecule is [Cl][Pt+2][Cl].[NH-]CC(O)Cn1ccnc1[N+](=O)[O-].[NH-]CC(O)Cn1ccnc1[N+](=O)[O-]. The van der Waals surface area contributed by atoms with Crippen LogP contribution in [0.5, 0.6) is 0 Å². The van der Waals surface area contributed by atoms with Gasteiger partial charge in [0.25, 0.3) is 0 Å². The molecular formula is C12H18Cl2N8O6Pt. The number of hydrogen-bond donors (Lipinski definition) is 2. The van der Waals surface area contributed by atoms with Gasteiger partial charge in [0.05, 0.1) is 25.3 Å². The summed E-state index contributed by atoms with van der Waals surface area (Å²) in [5.41, 5.74) is 13.7. The largest absolute Gasteiger partial charge is 0.675 e. The maximum Gasteiger partial charge on any atom is 0.434 e. The van der Waals surface area contributed by atoms with Crippen molar-refractivity contribution < 1.29 is 36.5 Å². The van der Waals surface area contributed by atoms with Crippen LogP contribution in [-0.2, 0) is 29.6 Å². The second-order valence-electron chi connectivity index (χ2n) is 5.03. The molecule has 0 bridgehead atoms. The summed E-state index contributed by atoms with van der Waals surface area (Å²) >= 11 is -0.472. The second-order valence-corrected chi connectivity index (χ2v) is 8.32. The van der Waals surface area contributed by atoms with Crippen LogP contribution in [0.1, 0.15) is 0 Å². The Kier molecular flexibility index (Phi) is 14.3. The van der Waals surface area contributed by atoms with Gasteiger partial charge in [0, 0.05) is 0 Å². The fourth-order valence-corrected chi connectivity index (χ4v) is 1.81. The smallest absolute Gasteiger partial charge is 0.434 e. The maximum absolute atomic E-state index is 10.3. The first-order valence-corrected chi connectivity index (χ1v) is 13.1. The van der Waals surface area contributed by atoms with Gasteiger partial charge in [-0.2, -0.15) is 0 Å². The van der Waals surface area contributed by atoms with Crippen molar-refractivity contribution in [2.45, 2.75) is 25.3 Å². The number of halogens is 2. The number of aromatic nitrogens is 4. The first-order valence-electron chi connectivity index (χ1n) is 7.50. The molecule has 2 unspecified atom stereocenters. The number of nitro groups is 2. The molecule has 0 saturated carbocycles. The molecule has 0 saturated heterocycles. The molecule has 29 heavy (non-hydrogen) atoms. The number of aliphatic hydroxyl groups is 2. The van der Waals surface area contributed by atoms with Gasteiger partial charge >= 0.3 is 47.2 Å². The van der Waals surface area contributed by atoms with Crippen molar-refractivity contribution in [2.24, 2.45) is 0 Å². The number of hydrogen-bond acceptors (Lipinski definition) is 8. The normalized spacial score (nSPS) is 12.2. The third-order valence-corrected chi connectivity index (χ3v) is 3.00. The zero-order valence-electron chi connectivity index (χ0n) is 14.6. The van der Waals surface area contributed by atoms with E-state index in [0.29, 0.717) is 0 Å². The minimum atomic E-state index is -0.895. The summed E-state index contributed by atoms with van der Waals surface area (Å²) in [6, 6.07) is 0. The molecule has 0 aliphatic rings. The van der Waals surface area contributed by atoms with Crippen molar-refractivity contribution in [2.75, 3.05) is 13.1 Å². The summed E-state index contributed by atoms with van der Waals surface area (Å²) in [6.07, 6.45) is 3.58. The zero-order valence-corrected chi connectivity index (χ0v) is 18.4. The second kappa shape index (κ2) is 15.2. The third kappa shape index (κ3) is 10.6. The Hall–Kier alpha value is -1.67. The van der Waals surface area contributed by atoms with E-state index in [1.54, 1.807) is 0 Å². The Balaban J connectivity index is 0.000000477. The van der Waals surface area contributed by atoms with Crippen LogP contribution in [0.2, 0.25) is 0 Å². The van der Waals surface area contributed by atoms with Gasteiger partial charge in [-0.1, -0.05) is 9.97 Å². The van der Waals surface area contributed by atoms with Crippen LogP contribution in [0.15, 0.2) is 24.8 Å². The zero-order chi connectivity index (χ0) is 22.4. The van der Waals surface area contributed by atoms with Gasteiger partial charge in [-0.3, -0.25) is 0 Å². The predicted octanol–water partition coefficient (Wildman–Crippen LogP) is 1.79. The van der Waals surface area contributed by atoms with Crippen LogP contribution < -0.4 is 0 Å². The molecule has 0 amide bonds. The Morgan fingerprint density at radius 1 is 0.966 bits per heavy atom. The Morgan fingerprint density at radius 2 is 1.28 bits per heavy atom. The van der Waals surface area contributed by atoms with Gasteiger partial charge in [-0.25, -0.2) is 9.13 Å². The quantitative estimate of drug-likeness (QED) is 0.321. The number of aliphatic hydroxyl groups excluding tert-OH is 2. The standard InChI is InChI=1S/2C6H9N4O3.2ClH.Pt/c2*7-3-5(11)4-9-2-1-8-6(9)10(12)13;;;/h2*1-2,5,7,11H,3-4H2;2*1H;/q2*-1;;;+4/p-2. The van der Waals surface area contributed by atoms with Gasteiger partial charge in [0.2, 0.25) is 0 Å². The summed E-state index contributed by atoms with van der Waals surface area (Å²) in [4.78, 5) is 26.4. The summed E-state index contributed by atoms with van der Waals surface area (Å²) in [5, 5.41) is 38.8. The third-order valence-electron chi connectivity index (χ3n) is 3.00. The van der Waals surface area contributed by atoms with Crippen LogP contribution in [0.25, 0.3) is 11.5 Å². The summed E-state index contributed by atoms with van der Waals surface area (Å²) in [6.45, 7) is -0.315. The molecule has 14 nitrogen and oxygen atoms in total. The van der Waals surface area contributed by atoms with Crippen molar-refractivity contribution >= 4 is 30.7 Å². The fraction of sp³-hybridized carbons (Fsp3) is 0.500. The number of rotatable bonds is 8. The van der Waals surface area contributed by atoms with E-state index in [1.165, 1.54) is 33.9 Å². The molecule has 0 aliphatic carbocycles. The Bertz CT molecular complexity index is 687. The Morgan fingerprint density at radius 3 is 1.52 bits per heavy atom. The number of nitrogens with one attached hydrogen (secondary N) is 2. The molecule has 0 aromatic carbocycles. The number of imidazole rings is 2. The van der Waals surface area contributed by atoms with E-state index in [1.807, 2.05) is 0 Å². The van der Waals surface area contributed by atoms with Crippen molar-refractivity contribution in [3.63, 3.8) is 0 Å². The minimum Gasteiger partial charge on any atom is -0.675 e. The average Bonchev–Trinajstić information content (AvgIpc) is 3.32. The van der Waals surface area contributed by atoms with Crippen molar-refractivity contribution in [3.05, 3.63) is 56.5 Å². The van der Waals surface area contributed by atoms with E-state index in [-0.39, 0.29) is 38.1 Å². The predicted molar refractivity (Wildman–Crippen MR) is 99.9 cm³/mol. The molecule has 0 spiro atoms. The first-order chi connectivity index (χ1) is 13.7. The maximum atomic E-state index is 10.3. The molecule has 0 fully saturated rings. The summed E-state index contributed by atoms with van der Waals surface area (Å²) < 4.78 is 2.42.